The first-order valence-electron chi connectivity index (χ1n) is 5.66. The van der Waals surface area contributed by atoms with E-state index in [-0.39, 0.29) is 5.91 Å². The molecule has 0 spiro atoms. The fourth-order valence-electron chi connectivity index (χ4n) is 1.57. The zero-order valence-corrected chi connectivity index (χ0v) is 10.2. The third-order valence-corrected chi connectivity index (χ3v) is 2.59. The van der Waals surface area contributed by atoms with E-state index in [0.29, 0.717) is 13.0 Å². The Bertz CT molecular complexity index is 360. The minimum atomic E-state index is -0.703. The third-order valence-electron chi connectivity index (χ3n) is 2.59. The highest BCUT2D eigenvalue weighted by Crippen LogP contribution is 2.05. The molecule has 0 aromatic carbocycles. The van der Waals surface area contributed by atoms with E-state index >= 15 is 0 Å². The van der Waals surface area contributed by atoms with Crippen LogP contribution in [0.2, 0.25) is 0 Å². The summed E-state index contributed by atoms with van der Waals surface area (Å²) >= 11 is 0. The lowest BCUT2D eigenvalue weighted by molar-refractivity contribution is -0.150. The molecule has 94 valence electrons. The maximum Gasteiger partial charge on any atom is 0.318 e. The summed E-state index contributed by atoms with van der Waals surface area (Å²) in [4.78, 5) is 25.9. The van der Waals surface area contributed by atoms with Crippen LogP contribution in [0, 0.1) is 5.92 Å². The normalized spacial score (nSPS) is 11.9. The number of aromatic amines is 1. The number of carbonyl (C=O) groups excluding carboxylic acids is 2. The fraction of sp³-hybridized carbons (Fsp3) is 0.500. The van der Waals surface area contributed by atoms with E-state index in [4.69, 9.17) is 0 Å². The second-order valence-electron chi connectivity index (χ2n) is 3.74. The highest BCUT2D eigenvalue weighted by Gasteiger charge is 2.24. The van der Waals surface area contributed by atoms with Crippen LogP contribution in [0.15, 0.2) is 18.5 Å². The van der Waals surface area contributed by atoms with Gasteiger partial charge in [0.15, 0.2) is 0 Å². The predicted octanol–water partition coefficient (Wildman–Crippen LogP) is 0.873. The second kappa shape index (κ2) is 6.73. The summed E-state index contributed by atoms with van der Waals surface area (Å²) in [6.45, 7) is 2.30. The standard InChI is InChI=1S/C12H18N2O3/c1-3-10(12(16)17-2)11(15)14-7-5-9-4-6-13-8-9/h4,6,8,10,13H,3,5,7H2,1-2H3,(H,14,15). The number of carbonyl (C=O) groups is 2. The maximum atomic E-state index is 11.7. The number of ether oxygens (including phenoxy) is 1. The molecule has 2 N–H and O–H groups in total. The molecule has 0 fully saturated rings. The van der Waals surface area contributed by atoms with Gasteiger partial charge in [-0.1, -0.05) is 6.92 Å². The average Bonchev–Trinajstić information content (AvgIpc) is 2.82. The Morgan fingerprint density at radius 1 is 1.53 bits per heavy atom. The molecule has 0 aliphatic heterocycles. The van der Waals surface area contributed by atoms with Crippen LogP contribution >= 0.6 is 0 Å². The Morgan fingerprint density at radius 3 is 2.82 bits per heavy atom. The average molecular weight is 238 g/mol. The molecule has 0 aliphatic carbocycles. The molecule has 1 rings (SSSR count). The van der Waals surface area contributed by atoms with E-state index in [9.17, 15) is 9.59 Å². The first kappa shape index (κ1) is 13.3. The Labute approximate surface area is 101 Å². The lowest BCUT2D eigenvalue weighted by Crippen LogP contribution is -2.36. The van der Waals surface area contributed by atoms with Gasteiger partial charge in [-0.2, -0.15) is 0 Å². The summed E-state index contributed by atoms with van der Waals surface area (Å²) in [5, 5.41) is 2.73. The number of nitrogens with one attached hydrogen (secondary N) is 2. The molecule has 1 unspecified atom stereocenters. The Balaban J connectivity index is 2.35. The molecule has 1 aromatic rings. The molecular formula is C12H18N2O3. The van der Waals surface area contributed by atoms with E-state index in [1.165, 1.54) is 7.11 Å². The van der Waals surface area contributed by atoms with Crippen molar-refractivity contribution in [2.24, 2.45) is 5.92 Å². The van der Waals surface area contributed by atoms with Crippen molar-refractivity contribution in [3.8, 4) is 0 Å². The molecule has 5 nitrogen and oxygen atoms in total. The van der Waals surface area contributed by atoms with Crippen LogP contribution in [-0.2, 0) is 20.7 Å². The highest BCUT2D eigenvalue weighted by molar-refractivity contribution is 5.97. The zero-order valence-electron chi connectivity index (χ0n) is 10.2. The summed E-state index contributed by atoms with van der Waals surface area (Å²) in [6.07, 6.45) is 4.90. The van der Waals surface area contributed by atoms with Crippen molar-refractivity contribution >= 4 is 11.9 Å². The van der Waals surface area contributed by atoms with Crippen molar-refractivity contribution in [1.29, 1.82) is 0 Å². The van der Waals surface area contributed by atoms with Crippen molar-refractivity contribution in [1.82, 2.24) is 10.3 Å². The van der Waals surface area contributed by atoms with Crippen molar-refractivity contribution in [2.75, 3.05) is 13.7 Å². The maximum absolute atomic E-state index is 11.7. The molecule has 0 bridgehead atoms. The monoisotopic (exact) mass is 238 g/mol. The number of rotatable bonds is 6. The number of esters is 1. The van der Waals surface area contributed by atoms with Gasteiger partial charge in [-0.15, -0.1) is 0 Å². The van der Waals surface area contributed by atoms with Gasteiger partial charge in [0.25, 0.3) is 0 Å². The first-order chi connectivity index (χ1) is 8.19. The zero-order chi connectivity index (χ0) is 12.7. The van der Waals surface area contributed by atoms with Crippen molar-refractivity contribution in [3.05, 3.63) is 24.0 Å². The van der Waals surface area contributed by atoms with Gasteiger partial charge in [-0.05, 0) is 24.5 Å². The molecule has 0 saturated heterocycles. The number of H-pyrrole nitrogens is 1. The number of hydrogen-bond donors (Lipinski definition) is 2. The third kappa shape index (κ3) is 3.94. The van der Waals surface area contributed by atoms with Crippen LogP contribution in [0.4, 0.5) is 0 Å². The Morgan fingerprint density at radius 2 is 2.29 bits per heavy atom. The second-order valence-corrected chi connectivity index (χ2v) is 3.74. The van der Waals surface area contributed by atoms with E-state index in [1.807, 2.05) is 18.5 Å². The SMILES string of the molecule is CCC(C(=O)NCCc1cc[nH]c1)C(=O)OC. The highest BCUT2D eigenvalue weighted by atomic mass is 16.5. The molecule has 1 amide bonds. The summed E-state index contributed by atoms with van der Waals surface area (Å²) in [6, 6.07) is 1.95. The molecule has 0 saturated carbocycles. The van der Waals surface area contributed by atoms with E-state index < -0.39 is 11.9 Å². The van der Waals surface area contributed by atoms with Gasteiger partial charge >= 0.3 is 5.97 Å². The molecule has 1 heterocycles. The minimum absolute atomic E-state index is 0.269. The van der Waals surface area contributed by atoms with Crippen molar-refractivity contribution in [3.63, 3.8) is 0 Å². The van der Waals surface area contributed by atoms with E-state index in [0.717, 1.165) is 12.0 Å². The molecule has 1 atom stereocenters. The predicted molar refractivity (Wildman–Crippen MR) is 63.3 cm³/mol. The van der Waals surface area contributed by atoms with Gasteiger partial charge in [-0.25, -0.2) is 0 Å². The number of hydrogen-bond acceptors (Lipinski definition) is 3. The van der Waals surface area contributed by atoms with Crippen LogP contribution < -0.4 is 5.32 Å². The Hall–Kier alpha value is -1.78. The Kier molecular flexibility index (Phi) is 5.26. The van der Waals surface area contributed by atoms with Crippen LogP contribution in [0.25, 0.3) is 0 Å². The molecular weight excluding hydrogens is 220 g/mol. The number of aromatic nitrogens is 1. The molecule has 17 heavy (non-hydrogen) atoms. The van der Waals surface area contributed by atoms with Gasteiger partial charge in [0.1, 0.15) is 5.92 Å². The molecule has 1 aromatic heterocycles. The van der Waals surface area contributed by atoms with Crippen molar-refractivity contribution in [2.45, 2.75) is 19.8 Å². The van der Waals surface area contributed by atoms with E-state index in [1.54, 1.807) is 6.92 Å². The lowest BCUT2D eigenvalue weighted by atomic mass is 10.1. The number of methoxy groups -OCH3 is 1. The summed E-state index contributed by atoms with van der Waals surface area (Å²) in [5.74, 6) is -1.45. The van der Waals surface area contributed by atoms with Gasteiger partial charge in [-0.3, -0.25) is 9.59 Å². The van der Waals surface area contributed by atoms with Crippen LogP contribution in [0.5, 0.6) is 0 Å². The smallest absolute Gasteiger partial charge is 0.318 e. The van der Waals surface area contributed by atoms with E-state index in [2.05, 4.69) is 15.0 Å². The summed E-state index contributed by atoms with van der Waals surface area (Å²) < 4.78 is 4.57. The first-order valence-corrected chi connectivity index (χ1v) is 5.66. The topological polar surface area (TPSA) is 71.2 Å². The molecule has 0 radical (unpaired) electrons. The van der Waals surface area contributed by atoms with Gasteiger partial charge in [0.05, 0.1) is 7.11 Å². The minimum Gasteiger partial charge on any atom is -0.468 e. The molecule has 0 aliphatic rings. The fourth-order valence-corrected chi connectivity index (χ4v) is 1.57. The largest absolute Gasteiger partial charge is 0.468 e. The quantitative estimate of drug-likeness (QED) is 0.570. The lowest BCUT2D eigenvalue weighted by Gasteiger charge is -2.12. The number of amides is 1. The van der Waals surface area contributed by atoms with Crippen LogP contribution in [0.1, 0.15) is 18.9 Å². The summed E-state index contributed by atoms with van der Waals surface area (Å²) in [7, 11) is 1.29. The molecule has 5 heteroatoms. The van der Waals surface area contributed by atoms with Gasteiger partial charge < -0.3 is 15.0 Å². The van der Waals surface area contributed by atoms with Crippen LogP contribution in [0.3, 0.4) is 0 Å². The van der Waals surface area contributed by atoms with Gasteiger partial charge in [0.2, 0.25) is 5.91 Å². The van der Waals surface area contributed by atoms with Crippen LogP contribution in [-0.4, -0.2) is 30.5 Å². The van der Waals surface area contributed by atoms with Crippen molar-refractivity contribution < 1.29 is 14.3 Å². The van der Waals surface area contributed by atoms with Gasteiger partial charge in [0, 0.05) is 18.9 Å². The summed E-state index contributed by atoms with van der Waals surface area (Å²) in [5.41, 5.74) is 1.12.